The fourth-order valence-corrected chi connectivity index (χ4v) is 3.98. The van der Waals surface area contributed by atoms with E-state index in [1.807, 2.05) is 18.2 Å². The summed E-state index contributed by atoms with van der Waals surface area (Å²) in [6.07, 6.45) is 0. The number of imide groups is 1. The quantitative estimate of drug-likeness (QED) is 0.313. The van der Waals surface area contributed by atoms with Gasteiger partial charge in [-0.05, 0) is 48.0 Å². The van der Waals surface area contributed by atoms with Crippen LogP contribution in [0.2, 0.25) is 0 Å². The summed E-state index contributed by atoms with van der Waals surface area (Å²) in [6.45, 7) is 1.20. The molecule has 2 amide bonds. The minimum absolute atomic E-state index is 0.0470. The molecular weight excluding hydrogens is 462 g/mol. The van der Waals surface area contributed by atoms with Gasteiger partial charge in [0.1, 0.15) is 12.4 Å². The van der Waals surface area contributed by atoms with Gasteiger partial charge >= 0.3 is 5.97 Å². The lowest BCUT2D eigenvalue weighted by atomic mass is 10.1. The number of fused-ring (bicyclic) bond motifs is 2. The van der Waals surface area contributed by atoms with Crippen molar-refractivity contribution in [2.24, 2.45) is 0 Å². The summed E-state index contributed by atoms with van der Waals surface area (Å²) in [5.41, 5.74) is 2.10. The largest absolute Gasteiger partial charge is 0.508 e. The van der Waals surface area contributed by atoms with Crippen LogP contribution in [0.25, 0.3) is 22.2 Å². The number of aromatic hydroxyl groups is 1. The van der Waals surface area contributed by atoms with Crippen LogP contribution in [0.15, 0.2) is 66.7 Å². The Labute approximate surface area is 205 Å². The van der Waals surface area contributed by atoms with E-state index in [0.29, 0.717) is 22.6 Å². The smallest absolute Gasteiger partial charge is 0.344 e. The van der Waals surface area contributed by atoms with Gasteiger partial charge in [-0.2, -0.15) is 4.98 Å². The zero-order valence-corrected chi connectivity index (χ0v) is 19.3. The Kier molecular flexibility index (Phi) is 6.03. The van der Waals surface area contributed by atoms with Crippen LogP contribution in [0, 0.1) is 6.92 Å². The Morgan fingerprint density at radius 2 is 1.61 bits per heavy atom. The van der Waals surface area contributed by atoms with Crippen LogP contribution in [0.3, 0.4) is 0 Å². The summed E-state index contributed by atoms with van der Waals surface area (Å²) in [7, 11) is 0. The van der Waals surface area contributed by atoms with Crippen molar-refractivity contribution in [3.8, 4) is 23.0 Å². The normalized spacial score (nSPS) is 12.6. The van der Waals surface area contributed by atoms with Crippen molar-refractivity contribution < 1.29 is 29.0 Å². The van der Waals surface area contributed by atoms with Gasteiger partial charge in [0.2, 0.25) is 5.88 Å². The van der Waals surface area contributed by atoms with Gasteiger partial charge in [-0.25, -0.2) is 9.78 Å². The molecule has 0 fully saturated rings. The van der Waals surface area contributed by atoms with Crippen LogP contribution in [0.5, 0.6) is 11.6 Å². The summed E-state index contributed by atoms with van der Waals surface area (Å²) < 4.78 is 10.7. The van der Waals surface area contributed by atoms with E-state index in [4.69, 9.17) is 9.47 Å². The van der Waals surface area contributed by atoms with E-state index in [-0.39, 0.29) is 24.8 Å². The molecule has 1 aromatic heterocycles. The maximum Gasteiger partial charge on any atom is 0.344 e. The Bertz CT molecular complexity index is 1480. The van der Waals surface area contributed by atoms with Gasteiger partial charge in [0, 0.05) is 17.3 Å². The number of phenols is 1. The molecule has 0 bridgehead atoms. The number of aromatic nitrogens is 2. The minimum atomic E-state index is -0.657. The Morgan fingerprint density at radius 1 is 0.917 bits per heavy atom. The van der Waals surface area contributed by atoms with Crippen LogP contribution in [-0.2, 0) is 9.53 Å². The number of aryl methyl sites for hydroxylation is 1. The van der Waals surface area contributed by atoms with Gasteiger partial charge in [0.15, 0.2) is 12.4 Å². The van der Waals surface area contributed by atoms with Crippen LogP contribution in [0.1, 0.15) is 26.4 Å². The number of esters is 1. The number of phenolic OH excluding ortho intramolecular Hbond substituents is 1. The topological polar surface area (TPSA) is 119 Å². The van der Waals surface area contributed by atoms with Gasteiger partial charge < -0.3 is 14.6 Å². The molecule has 9 nitrogen and oxygen atoms in total. The molecule has 0 saturated carbocycles. The third-order valence-corrected chi connectivity index (χ3v) is 5.71. The second-order valence-electron chi connectivity index (χ2n) is 8.23. The van der Waals surface area contributed by atoms with Gasteiger partial charge in [-0.3, -0.25) is 14.5 Å². The van der Waals surface area contributed by atoms with E-state index < -0.39 is 24.4 Å². The summed E-state index contributed by atoms with van der Waals surface area (Å²) in [4.78, 5) is 46.9. The highest BCUT2D eigenvalue weighted by molar-refractivity contribution is 6.21. The number of nitrogens with zero attached hydrogens (tertiary/aromatic N) is 3. The first-order valence-corrected chi connectivity index (χ1v) is 11.2. The highest BCUT2D eigenvalue weighted by Crippen LogP contribution is 2.26. The molecule has 0 spiro atoms. The van der Waals surface area contributed by atoms with Crippen molar-refractivity contribution in [3.05, 3.63) is 83.6 Å². The third kappa shape index (κ3) is 4.58. The monoisotopic (exact) mass is 483 g/mol. The number of ether oxygens (including phenoxy) is 2. The van der Waals surface area contributed by atoms with Gasteiger partial charge in [-0.15, -0.1) is 0 Å². The molecule has 0 aliphatic carbocycles. The first-order valence-electron chi connectivity index (χ1n) is 11.2. The van der Waals surface area contributed by atoms with Crippen LogP contribution >= 0.6 is 0 Å². The van der Waals surface area contributed by atoms with Crippen LogP contribution in [0.4, 0.5) is 0 Å². The van der Waals surface area contributed by atoms with Crippen molar-refractivity contribution in [1.29, 1.82) is 0 Å². The average Bonchev–Trinajstić information content (AvgIpc) is 3.12. The molecule has 180 valence electrons. The van der Waals surface area contributed by atoms with Crippen molar-refractivity contribution in [2.75, 3.05) is 19.8 Å². The summed E-state index contributed by atoms with van der Waals surface area (Å²) >= 11 is 0. The summed E-state index contributed by atoms with van der Waals surface area (Å²) in [5, 5.41) is 11.4. The lowest BCUT2D eigenvalue weighted by Crippen LogP contribution is -2.34. The molecule has 0 saturated heterocycles. The van der Waals surface area contributed by atoms with E-state index in [9.17, 15) is 19.5 Å². The lowest BCUT2D eigenvalue weighted by Gasteiger charge is -2.14. The van der Waals surface area contributed by atoms with Crippen LogP contribution in [-0.4, -0.2) is 57.5 Å². The SMILES string of the molecule is Cc1cc(OCC(=O)OCCN2C(=O)c3ccccc3C2=O)nc(-c2ccc3cc(O)ccc3c2)n1. The van der Waals surface area contributed by atoms with Crippen molar-refractivity contribution in [2.45, 2.75) is 6.92 Å². The summed E-state index contributed by atoms with van der Waals surface area (Å²) in [6, 6.07) is 18.9. The predicted molar refractivity (Wildman–Crippen MR) is 130 cm³/mol. The van der Waals surface area contributed by atoms with Gasteiger partial charge in [-0.1, -0.05) is 30.3 Å². The zero-order valence-electron chi connectivity index (χ0n) is 19.3. The molecule has 9 heteroatoms. The maximum absolute atomic E-state index is 12.4. The number of hydrogen-bond acceptors (Lipinski definition) is 8. The fraction of sp³-hybridized carbons (Fsp3) is 0.148. The molecule has 36 heavy (non-hydrogen) atoms. The molecule has 1 aliphatic heterocycles. The van der Waals surface area contributed by atoms with E-state index >= 15 is 0 Å². The first-order chi connectivity index (χ1) is 17.4. The molecule has 0 unspecified atom stereocenters. The van der Waals surface area contributed by atoms with E-state index in [1.165, 1.54) is 0 Å². The second-order valence-corrected chi connectivity index (χ2v) is 8.23. The molecule has 5 rings (SSSR count). The number of amides is 2. The highest BCUT2D eigenvalue weighted by Gasteiger charge is 2.34. The Balaban J connectivity index is 1.18. The van der Waals surface area contributed by atoms with Gasteiger partial charge in [0.05, 0.1) is 17.7 Å². The van der Waals surface area contributed by atoms with Crippen LogP contribution < -0.4 is 4.74 Å². The number of hydrogen-bond donors (Lipinski definition) is 1. The van der Waals surface area contributed by atoms with Gasteiger partial charge in [0.25, 0.3) is 11.8 Å². The Morgan fingerprint density at radius 3 is 2.36 bits per heavy atom. The number of carbonyl (C=O) groups is 3. The maximum atomic E-state index is 12.4. The molecule has 3 aromatic carbocycles. The molecule has 4 aromatic rings. The fourth-order valence-electron chi connectivity index (χ4n) is 3.98. The second kappa shape index (κ2) is 9.46. The number of benzene rings is 3. The molecular formula is C27H21N3O6. The molecule has 0 atom stereocenters. The van der Waals surface area contributed by atoms with E-state index in [2.05, 4.69) is 9.97 Å². The molecule has 1 aliphatic rings. The minimum Gasteiger partial charge on any atom is -0.508 e. The Hall–Kier alpha value is -4.79. The van der Waals surface area contributed by atoms with E-state index in [0.717, 1.165) is 21.2 Å². The molecule has 1 N–H and O–H groups in total. The standard InChI is InChI=1S/C27H21N3O6/c1-16-12-23(29-25(28-16)19-7-6-18-14-20(31)9-8-17(18)13-19)36-15-24(32)35-11-10-30-26(33)21-4-2-3-5-22(21)27(30)34/h2-9,12-14,31H,10-11,15H2,1H3. The van der Waals surface area contributed by atoms with Crippen molar-refractivity contribution >= 4 is 28.6 Å². The molecule has 2 heterocycles. The third-order valence-electron chi connectivity index (χ3n) is 5.71. The number of carbonyl (C=O) groups excluding carboxylic acids is 3. The molecule has 0 radical (unpaired) electrons. The average molecular weight is 483 g/mol. The van der Waals surface area contributed by atoms with Crippen molar-refractivity contribution in [3.63, 3.8) is 0 Å². The number of rotatable bonds is 7. The first kappa shape index (κ1) is 23.0. The lowest BCUT2D eigenvalue weighted by molar-refractivity contribution is -0.146. The highest BCUT2D eigenvalue weighted by atomic mass is 16.6. The van der Waals surface area contributed by atoms with Crippen molar-refractivity contribution in [1.82, 2.24) is 14.9 Å². The summed E-state index contributed by atoms with van der Waals surface area (Å²) in [5.74, 6) is -0.641. The van der Waals surface area contributed by atoms with E-state index in [1.54, 1.807) is 55.5 Å². The zero-order chi connectivity index (χ0) is 25.2. The predicted octanol–water partition coefficient (Wildman–Crippen LogP) is 3.53.